The molecule has 3 nitrogen and oxygen atoms in total. The van der Waals surface area contributed by atoms with E-state index in [2.05, 4.69) is 19.2 Å². The maximum absolute atomic E-state index is 6.12. The van der Waals surface area contributed by atoms with Crippen molar-refractivity contribution in [3.05, 3.63) is 0 Å². The van der Waals surface area contributed by atoms with Gasteiger partial charge in [0.15, 0.2) is 0 Å². The summed E-state index contributed by atoms with van der Waals surface area (Å²) in [7, 11) is 0. The highest BCUT2D eigenvalue weighted by molar-refractivity contribution is 4.79. The molecule has 0 aromatic carbocycles. The number of hydrogen-bond acceptors (Lipinski definition) is 3. The van der Waals surface area contributed by atoms with Crippen molar-refractivity contribution >= 4 is 0 Å². The Labute approximate surface area is 125 Å². The maximum Gasteiger partial charge on any atom is 0.0729 e. The van der Waals surface area contributed by atoms with E-state index in [0.29, 0.717) is 12.1 Å². The maximum atomic E-state index is 6.12. The third-order valence-corrected chi connectivity index (χ3v) is 4.06. The monoisotopic (exact) mass is 285 g/mol. The summed E-state index contributed by atoms with van der Waals surface area (Å²) >= 11 is 0. The van der Waals surface area contributed by atoms with Gasteiger partial charge >= 0.3 is 0 Å². The van der Waals surface area contributed by atoms with Crippen LogP contribution in [0.5, 0.6) is 0 Å². The molecule has 20 heavy (non-hydrogen) atoms. The van der Waals surface area contributed by atoms with Crippen LogP contribution in [0.1, 0.15) is 71.6 Å². The van der Waals surface area contributed by atoms with Gasteiger partial charge in [-0.1, -0.05) is 46.0 Å². The van der Waals surface area contributed by atoms with Gasteiger partial charge in [0.05, 0.1) is 19.3 Å². The molecule has 2 unspecified atom stereocenters. The van der Waals surface area contributed by atoms with Crippen molar-refractivity contribution in [3.63, 3.8) is 0 Å². The van der Waals surface area contributed by atoms with E-state index in [1.165, 1.54) is 51.4 Å². The normalized spacial score (nSPS) is 24.3. The lowest BCUT2D eigenvalue weighted by Gasteiger charge is -2.30. The van der Waals surface area contributed by atoms with Crippen LogP contribution in [0.25, 0.3) is 0 Å². The summed E-state index contributed by atoms with van der Waals surface area (Å²) in [6.07, 6.45) is 11.8. The van der Waals surface area contributed by atoms with E-state index in [-0.39, 0.29) is 0 Å². The van der Waals surface area contributed by atoms with E-state index >= 15 is 0 Å². The van der Waals surface area contributed by atoms with Crippen molar-refractivity contribution in [2.75, 3.05) is 26.4 Å². The molecule has 0 aromatic rings. The van der Waals surface area contributed by atoms with Crippen LogP contribution in [0.2, 0.25) is 0 Å². The molecule has 3 heteroatoms. The summed E-state index contributed by atoms with van der Waals surface area (Å²) in [6, 6.07) is 0.547. The van der Waals surface area contributed by atoms with Crippen LogP contribution in [0.15, 0.2) is 0 Å². The molecule has 1 N–H and O–H groups in total. The SMILES string of the molecule is CCCCOCCOC1CCCCCCC1NCCC. The Balaban J connectivity index is 2.23. The first kappa shape index (κ1) is 17.9. The molecule has 0 amide bonds. The minimum Gasteiger partial charge on any atom is -0.379 e. The summed E-state index contributed by atoms with van der Waals surface area (Å²) in [5, 5.41) is 3.68. The van der Waals surface area contributed by atoms with Crippen LogP contribution >= 0.6 is 0 Å². The Hall–Kier alpha value is -0.120. The number of ether oxygens (including phenoxy) is 2. The number of unbranched alkanes of at least 4 members (excludes halogenated alkanes) is 1. The smallest absolute Gasteiger partial charge is 0.0729 e. The highest BCUT2D eigenvalue weighted by Gasteiger charge is 2.22. The van der Waals surface area contributed by atoms with Gasteiger partial charge in [-0.3, -0.25) is 0 Å². The standard InChI is InChI=1S/C17H35NO2/c1-3-5-13-19-14-15-20-17-11-9-7-6-8-10-16(17)18-12-4-2/h16-18H,3-15H2,1-2H3. The molecule has 0 saturated heterocycles. The van der Waals surface area contributed by atoms with Crippen molar-refractivity contribution in [2.24, 2.45) is 0 Å². The summed E-state index contributed by atoms with van der Waals surface area (Å²) in [6.45, 7) is 7.90. The predicted molar refractivity (Wildman–Crippen MR) is 85.3 cm³/mol. The van der Waals surface area contributed by atoms with Crippen LogP contribution in [-0.4, -0.2) is 38.5 Å². The molecule has 120 valence electrons. The van der Waals surface area contributed by atoms with E-state index in [1.54, 1.807) is 0 Å². The van der Waals surface area contributed by atoms with Crippen LogP contribution in [0.4, 0.5) is 0 Å². The Morgan fingerprint density at radius 1 is 0.900 bits per heavy atom. The first-order chi connectivity index (χ1) is 9.88. The molecule has 1 aliphatic carbocycles. The van der Waals surface area contributed by atoms with Gasteiger partial charge in [-0.05, 0) is 32.2 Å². The second kappa shape index (κ2) is 12.6. The lowest BCUT2D eigenvalue weighted by molar-refractivity contribution is -0.0201. The molecule has 0 heterocycles. The van der Waals surface area contributed by atoms with Gasteiger partial charge in [0, 0.05) is 12.6 Å². The summed E-state index contributed by atoms with van der Waals surface area (Å²) in [5.74, 6) is 0. The average molecular weight is 285 g/mol. The number of rotatable bonds is 10. The predicted octanol–water partition coefficient (Wildman–Crippen LogP) is 3.91. The lowest BCUT2D eigenvalue weighted by atomic mass is 9.94. The molecule has 1 saturated carbocycles. The molecule has 0 radical (unpaired) electrons. The van der Waals surface area contributed by atoms with Crippen LogP contribution in [0.3, 0.4) is 0 Å². The van der Waals surface area contributed by atoms with Crippen molar-refractivity contribution in [1.29, 1.82) is 0 Å². The van der Waals surface area contributed by atoms with Gasteiger partial charge in [-0.2, -0.15) is 0 Å². The molecular formula is C17H35NO2. The first-order valence-electron chi connectivity index (χ1n) is 8.81. The molecule has 0 aromatic heterocycles. The first-order valence-corrected chi connectivity index (χ1v) is 8.81. The Morgan fingerprint density at radius 3 is 2.45 bits per heavy atom. The van der Waals surface area contributed by atoms with Gasteiger partial charge in [0.1, 0.15) is 0 Å². The topological polar surface area (TPSA) is 30.5 Å². The summed E-state index contributed by atoms with van der Waals surface area (Å²) in [4.78, 5) is 0. The zero-order valence-corrected chi connectivity index (χ0v) is 13.7. The lowest BCUT2D eigenvalue weighted by Crippen LogP contribution is -2.42. The summed E-state index contributed by atoms with van der Waals surface area (Å²) in [5.41, 5.74) is 0. The van der Waals surface area contributed by atoms with Gasteiger partial charge in [-0.25, -0.2) is 0 Å². The van der Waals surface area contributed by atoms with Crippen molar-refractivity contribution in [2.45, 2.75) is 83.8 Å². The second-order valence-electron chi connectivity index (χ2n) is 5.93. The average Bonchev–Trinajstić information content (AvgIpc) is 2.44. The van der Waals surface area contributed by atoms with Gasteiger partial charge in [0.2, 0.25) is 0 Å². The zero-order chi connectivity index (χ0) is 14.5. The van der Waals surface area contributed by atoms with E-state index in [4.69, 9.17) is 9.47 Å². The van der Waals surface area contributed by atoms with Gasteiger partial charge in [0.25, 0.3) is 0 Å². The third kappa shape index (κ3) is 8.23. The fourth-order valence-electron chi connectivity index (χ4n) is 2.82. The van der Waals surface area contributed by atoms with Gasteiger partial charge in [-0.15, -0.1) is 0 Å². The largest absolute Gasteiger partial charge is 0.379 e. The molecule has 1 aliphatic rings. The van der Waals surface area contributed by atoms with Crippen molar-refractivity contribution in [1.82, 2.24) is 5.32 Å². The Kier molecular flexibility index (Phi) is 11.3. The molecule has 0 aliphatic heterocycles. The van der Waals surface area contributed by atoms with Crippen LogP contribution < -0.4 is 5.32 Å². The fraction of sp³-hybridized carbons (Fsp3) is 1.00. The minimum absolute atomic E-state index is 0.386. The number of nitrogens with one attached hydrogen (secondary N) is 1. The zero-order valence-electron chi connectivity index (χ0n) is 13.7. The highest BCUT2D eigenvalue weighted by Crippen LogP contribution is 2.20. The quantitative estimate of drug-likeness (QED) is 0.617. The molecule has 0 spiro atoms. The molecule has 2 atom stereocenters. The van der Waals surface area contributed by atoms with Crippen molar-refractivity contribution in [3.8, 4) is 0 Å². The number of hydrogen-bond donors (Lipinski definition) is 1. The third-order valence-electron chi connectivity index (χ3n) is 4.06. The summed E-state index contributed by atoms with van der Waals surface area (Å²) < 4.78 is 11.7. The van der Waals surface area contributed by atoms with E-state index in [0.717, 1.165) is 32.8 Å². The highest BCUT2D eigenvalue weighted by atomic mass is 16.5. The van der Waals surface area contributed by atoms with E-state index in [9.17, 15) is 0 Å². The Bertz CT molecular complexity index is 209. The minimum atomic E-state index is 0.386. The molecule has 0 bridgehead atoms. The molecule has 1 fully saturated rings. The van der Waals surface area contributed by atoms with Crippen LogP contribution in [-0.2, 0) is 9.47 Å². The Morgan fingerprint density at radius 2 is 1.70 bits per heavy atom. The van der Waals surface area contributed by atoms with E-state index < -0.39 is 0 Å². The van der Waals surface area contributed by atoms with Crippen molar-refractivity contribution < 1.29 is 9.47 Å². The molecule has 1 rings (SSSR count). The van der Waals surface area contributed by atoms with Gasteiger partial charge < -0.3 is 14.8 Å². The fourth-order valence-corrected chi connectivity index (χ4v) is 2.82. The second-order valence-corrected chi connectivity index (χ2v) is 5.93. The molecular weight excluding hydrogens is 250 g/mol. The van der Waals surface area contributed by atoms with Crippen LogP contribution in [0, 0.1) is 0 Å². The van der Waals surface area contributed by atoms with E-state index in [1.807, 2.05) is 0 Å².